The Bertz CT molecular complexity index is 3520. The van der Waals surface area contributed by atoms with Gasteiger partial charge in [0, 0.05) is 44.8 Å². The van der Waals surface area contributed by atoms with Gasteiger partial charge < -0.3 is 4.57 Å². The van der Waals surface area contributed by atoms with Crippen LogP contribution in [-0.2, 0) is 5.41 Å². The number of fused-ring (bicyclic) bond motifs is 9. The Hall–Kier alpha value is -7.62. The molecule has 1 aliphatic carbocycles. The lowest BCUT2D eigenvalue weighted by Gasteiger charge is -2.21. The van der Waals surface area contributed by atoms with Crippen molar-refractivity contribution >= 4 is 43.4 Å². The van der Waals surface area contributed by atoms with Crippen LogP contribution in [0.5, 0.6) is 0 Å². The van der Waals surface area contributed by atoms with Crippen LogP contribution in [0, 0.1) is 0 Å². The zero-order valence-corrected chi connectivity index (χ0v) is 33.4. The van der Waals surface area contributed by atoms with Crippen LogP contribution in [-0.4, -0.2) is 14.5 Å². The topological polar surface area (TPSA) is 30.7 Å². The van der Waals surface area contributed by atoms with Gasteiger partial charge in [0.25, 0.3) is 0 Å². The lowest BCUT2D eigenvalue weighted by molar-refractivity contribution is 0.660. The Balaban J connectivity index is 1.09. The summed E-state index contributed by atoms with van der Waals surface area (Å²) in [6.45, 7) is 4.71. The Morgan fingerprint density at radius 2 is 1.12 bits per heavy atom. The van der Waals surface area contributed by atoms with Gasteiger partial charge in [0.1, 0.15) is 0 Å². The lowest BCUT2D eigenvalue weighted by atomic mass is 9.82. The number of hydrogen-bond donors (Lipinski definition) is 0. The predicted molar refractivity (Wildman–Crippen MR) is 251 cm³/mol. The number of para-hydroxylation sites is 1. The van der Waals surface area contributed by atoms with E-state index < -0.39 is 0 Å². The molecule has 0 saturated heterocycles. The fourth-order valence-corrected chi connectivity index (χ4v) is 9.97. The highest BCUT2D eigenvalue weighted by Crippen LogP contribution is 2.52. The van der Waals surface area contributed by atoms with Crippen LogP contribution >= 0.6 is 0 Å². The highest BCUT2D eigenvalue weighted by Gasteiger charge is 2.36. The summed E-state index contributed by atoms with van der Waals surface area (Å²) < 4.78 is 2.48. The van der Waals surface area contributed by atoms with E-state index in [0.29, 0.717) is 5.82 Å². The Morgan fingerprint density at radius 3 is 2.05 bits per heavy atom. The molecular formula is C57H39N3. The molecule has 0 fully saturated rings. The molecule has 0 radical (unpaired) electrons. The van der Waals surface area contributed by atoms with Gasteiger partial charge in [-0.3, -0.25) is 0 Å². The molecule has 12 rings (SSSR count). The fraction of sp³-hybridized carbons (Fsp3) is 0.0526. The van der Waals surface area contributed by atoms with Gasteiger partial charge in [-0.1, -0.05) is 172 Å². The molecule has 0 aliphatic heterocycles. The second-order valence-corrected chi connectivity index (χ2v) is 16.6. The second-order valence-electron chi connectivity index (χ2n) is 16.6. The van der Waals surface area contributed by atoms with Crippen LogP contribution in [0.25, 0.3) is 105 Å². The average Bonchev–Trinajstić information content (AvgIpc) is 3.77. The molecule has 0 amide bonds. The monoisotopic (exact) mass is 765 g/mol. The van der Waals surface area contributed by atoms with Gasteiger partial charge >= 0.3 is 0 Å². The van der Waals surface area contributed by atoms with E-state index in [2.05, 4.69) is 188 Å². The highest BCUT2D eigenvalue weighted by atomic mass is 15.0. The molecule has 0 unspecified atom stereocenters. The molecule has 2 heterocycles. The van der Waals surface area contributed by atoms with Crippen molar-refractivity contribution in [3.63, 3.8) is 0 Å². The minimum atomic E-state index is -0.0686. The van der Waals surface area contributed by atoms with E-state index in [1.807, 2.05) is 30.5 Å². The first kappa shape index (κ1) is 34.4. The summed E-state index contributed by atoms with van der Waals surface area (Å²) >= 11 is 0. The summed E-state index contributed by atoms with van der Waals surface area (Å²) in [6.07, 6.45) is 1.86. The van der Waals surface area contributed by atoms with Crippen LogP contribution in [0.2, 0.25) is 0 Å². The van der Waals surface area contributed by atoms with Gasteiger partial charge in [0.15, 0.2) is 5.82 Å². The Kier molecular flexibility index (Phi) is 7.58. The molecule has 9 aromatic carbocycles. The number of benzene rings is 9. The minimum Gasteiger partial charge on any atom is -0.309 e. The van der Waals surface area contributed by atoms with E-state index in [1.54, 1.807) is 0 Å². The first-order valence-corrected chi connectivity index (χ1v) is 20.7. The largest absolute Gasteiger partial charge is 0.309 e. The van der Waals surface area contributed by atoms with Crippen LogP contribution < -0.4 is 0 Å². The number of hydrogen-bond acceptors (Lipinski definition) is 2. The summed E-state index contributed by atoms with van der Waals surface area (Å²) in [7, 11) is 0. The molecule has 3 heteroatoms. The summed E-state index contributed by atoms with van der Waals surface area (Å²) in [6, 6.07) is 70.7. The normalized spacial score (nSPS) is 13.0. The molecule has 0 spiro atoms. The summed E-state index contributed by atoms with van der Waals surface area (Å²) in [5.74, 6) is 0.706. The first-order chi connectivity index (χ1) is 29.5. The Morgan fingerprint density at radius 1 is 0.433 bits per heavy atom. The third-order valence-electron chi connectivity index (χ3n) is 12.8. The molecule has 1 aliphatic rings. The van der Waals surface area contributed by atoms with Crippen molar-refractivity contribution in [3.05, 3.63) is 211 Å². The van der Waals surface area contributed by atoms with Crippen molar-refractivity contribution in [3.8, 4) is 61.7 Å². The van der Waals surface area contributed by atoms with Crippen molar-refractivity contribution in [2.24, 2.45) is 0 Å². The first-order valence-electron chi connectivity index (χ1n) is 20.7. The van der Waals surface area contributed by atoms with E-state index >= 15 is 0 Å². The second kappa shape index (κ2) is 13.2. The maximum atomic E-state index is 5.03. The van der Waals surface area contributed by atoms with E-state index in [9.17, 15) is 0 Å². The van der Waals surface area contributed by atoms with Gasteiger partial charge in [-0.2, -0.15) is 0 Å². The van der Waals surface area contributed by atoms with Crippen LogP contribution in [0.15, 0.2) is 200 Å². The molecule has 282 valence electrons. The van der Waals surface area contributed by atoms with Crippen LogP contribution in [0.4, 0.5) is 0 Å². The molecule has 11 aromatic rings. The SMILES string of the molecule is CC1(C)c2ccccc2-c2c(-c3ccc4c(c3)c3cccc(-c5cccc(-c6nccc(-c7ccccc7)n6)c5)c3n4-c3ccc4c(ccc5ccccc54)c3)cccc21. The third-order valence-corrected chi connectivity index (χ3v) is 12.8. The van der Waals surface area contributed by atoms with Gasteiger partial charge in [0.2, 0.25) is 0 Å². The van der Waals surface area contributed by atoms with Crippen molar-refractivity contribution in [2.45, 2.75) is 19.3 Å². The van der Waals surface area contributed by atoms with Crippen molar-refractivity contribution in [2.75, 3.05) is 0 Å². The minimum absolute atomic E-state index is 0.0686. The zero-order chi connectivity index (χ0) is 40.0. The van der Waals surface area contributed by atoms with Crippen LogP contribution in [0.1, 0.15) is 25.0 Å². The van der Waals surface area contributed by atoms with E-state index in [4.69, 9.17) is 9.97 Å². The van der Waals surface area contributed by atoms with Crippen LogP contribution in [0.3, 0.4) is 0 Å². The van der Waals surface area contributed by atoms with Crippen molar-refractivity contribution < 1.29 is 0 Å². The molecule has 0 bridgehead atoms. The molecule has 3 nitrogen and oxygen atoms in total. The van der Waals surface area contributed by atoms with Gasteiger partial charge in [-0.05, 0) is 96.9 Å². The highest BCUT2D eigenvalue weighted by molar-refractivity contribution is 6.16. The fourth-order valence-electron chi connectivity index (χ4n) is 9.97. The summed E-state index contributed by atoms with van der Waals surface area (Å²) in [5, 5.41) is 7.43. The molecule has 0 N–H and O–H groups in total. The molecule has 60 heavy (non-hydrogen) atoms. The average molecular weight is 766 g/mol. The summed E-state index contributed by atoms with van der Waals surface area (Å²) in [4.78, 5) is 9.78. The lowest BCUT2D eigenvalue weighted by Crippen LogP contribution is -2.14. The maximum Gasteiger partial charge on any atom is 0.159 e. The number of nitrogens with zero attached hydrogens (tertiary/aromatic N) is 3. The third kappa shape index (κ3) is 5.22. The number of rotatable bonds is 5. The smallest absolute Gasteiger partial charge is 0.159 e. The van der Waals surface area contributed by atoms with Crippen molar-refractivity contribution in [1.82, 2.24) is 14.5 Å². The Labute approximate surface area is 348 Å². The quantitative estimate of drug-likeness (QED) is 0.163. The molecule has 0 saturated carbocycles. The number of aromatic nitrogens is 3. The maximum absolute atomic E-state index is 5.03. The van der Waals surface area contributed by atoms with Gasteiger partial charge in [-0.15, -0.1) is 0 Å². The molecular weight excluding hydrogens is 727 g/mol. The van der Waals surface area contributed by atoms with E-state index in [1.165, 1.54) is 76.7 Å². The van der Waals surface area contributed by atoms with Crippen molar-refractivity contribution in [1.29, 1.82) is 0 Å². The van der Waals surface area contributed by atoms with Gasteiger partial charge in [-0.25, -0.2) is 9.97 Å². The van der Waals surface area contributed by atoms with E-state index in [0.717, 1.165) is 33.6 Å². The zero-order valence-electron chi connectivity index (χ0n) is 33.4. The van der Waals surface area contributed by atoms with Gasteiger partial charge in [0.05, 0.1) is 16.7 Å². The predicted octanol–water partition coefficient (Wildman–Crippen LogP) is 14.9. The molecule has 2 aromatic heterocycles. The standard InChI is InChI=1S/C57H39N3/c1-57(2)50-23-9-8-19-48(50)54-45(20-12-24-51(54)57)40-27-30-53-49(35-40)47-22-11-21-46(38-16-10-17-41(33-38)56-58-32-31-52(59-56)37-14-4-3-5-15-37)55(47)60(53)42-28-29-44-39(34-42)26-25-36-13-6-7-18-43(36)44/h3-35H,1-2H3. The summed E-state index contributed by atoms with van der Waals surface area (Å²) in [5.41, 5.74) is 16.6. The van der Waals surface area contributed by atoms with E-state index in [-0.39, 0.29) is 5.41 Å². The molecule has 0 atom stereocenters.